The quantitative estimate of drug-likeness (QED) is 0.589. The molecule has 28 heavy (non-hydrogen) atoms. The highest BCUT2D eigenvalue weighted by atomic mass is 19.1. The zero-order valence-corrected chi connectivity index (χ0v) is 14.8. The third kappa shape index (κ3) is 3.64. The summed E-state index contributed by atoms with van der Waals surface area (Å²) in [5.41, 5.74) is 3.37. The number of amides is 1. The number of nitrogens with zero attached hydrogens (tertiary/aromatic N) is 4. The van der Waals surface area contributed by atoms with Gasteiger partial charge in [0.15, 0.2) is 0 Å². The summed E-state index contributed by atoms with van der Waals surface area (Å²) in [7, 11) is 0. The Balaban J connectivity index is 1.71. The van der Waals surface area contributed by atoms with Gasteiger partial charge in [0.1, 0.15) is 17.2 Å². The van der Waals surface area contributed by atoms with Crippen molar-refractivity contribution in [3.05, 3.63) is 90.5 Å². The predicted octanol–water partition coefficient (Wildman–Crippen LogP) is 3.90. The smallest absolute Gasteiger partial charge is 0.332 e. The average molecular weight is 373 g/mol. The maximum absolute atomic E-state index is 13.3. The third-order valence-corrected chi connectivity index (χ3v) is 4.22. The first-order chi connectivity index (χ1) is 13.7. The van der Waals surface area contributed by atoms with Gasteiger partial charge in [0.25, 0.3) is 0 Å². The van der Waals surface area contributed by atoms with E-state index in [1.807, 2.05) is 30.3 Å². The summed E-state index contributed by atoms with van der Waals surface area (Å²) in [6, 6.07) is 18.6. The SMILES string of the molecule is O=C(NCc1ccccc1)n1nnc(-c2ccc(F)cc2)c1-c1ccncc1. The lowest BCUT2D eigenvalue weighted by Gasteiger charge is -2.09. The molecule has 0 spiro atoms. The normalized spacial score (nSPS) is 10.6. The summed E-state index contributed by atoms with van der Waals surface area (Å²) in [4.78, 5) is 16.8. The first-order valence-corrected chi connectivity index (χ1v) is 8.66. The number of aromatic nitrogens is 4. The van der Waals surface area contributed by atoms with Gasteiger partial charge in [-0.3, -0.25) is 4.98 Å². The van der Waals surface area contributed by atoms with Crippen molar-refractivity contribution in [2.75, 3.05) is 0 Å². The van der Waals surface area contributed by atoms with Crippen molar-refractivity contribution < 1.29 is 9.18 Å². The van der Waals surface area contributed by atoms with Crippen LogP contribution in [0.5, 0.6) is 0 Å². The van der Waals surface area contributed by atoms with Gasteiger partial charge in [-0.25, -0.2) is 9.18 Å². The number of hydrogen-bond donors (Lipinski definition) is 1. The van der Waals surface area contributed by atoms with Crippen LogP contribution in [0.1, 0.15) is 5.56 Å². The van der Waals surface area contributed by atoms with Crippen LogP contribution in [0.2, 0.25) is 0 Å². The Morgan fingerprint density at radius 3 is 2.36 bits per heavy atom. The lowest BCUT2D eigenvalue weighted by Crippen LogP contribution is -2.29. The third-order valence-electron chi connectivity index (χ3n) is 4.22. The van der Waals surface area contributed by atoms with Crippen molar-refractivity contribution in [3.63, 3.8) is 0 Å². The van der Waals surface area contributed by atoms with Crippen LogP contribution in [-0.2, 0) is 6.54 Å². The topological polar surface area (TPSA) is 72.7 Å². The van der Waals surface area contributed by atoms with Crippen molar-refractivity contribution in [2.45, 2.75) is 6.54 Å². The standard InChI is InChI=1S/C21H16FN5O/c22-18-8-6-16(7-9-18)19-20(17-10-12-23-13-11-17)27(26-25-19)21(28)24-14-15-4-2-1-3-5-15/h1-13H,14H2,(H,24,28). The van der Waals surface area contributed by atoms with Crippen molar-refractivity contribution in [1.29, 1.82) is 0 Å². The van der Waals surface area contributed by atoms with Gasteiger partial charge in [-0.05, 0) is 42.0 Å². The molecule has 6 nitrogen and oxygen atoms in total. The van der Waals surface area contributed by atoms with Crippen LogP contribution in [0.25, 0.3) is 22.5 Å². The first-order valence-electron chi connectivity index (χ1n) is 8.66. The molecule has 4 aromatic rings. The van der Waals surface area contributed by atoms with E-state index < -0.39 is 6.03 Å². The van der Waals surface area contributed by atoms with Crippen molar-refractivity contribution >= 4 is 6.03 Å². The number of hydrogen-bond acceptors (Lipinski definition) is 4. The molecule has 1 amide bonds. The molecule has 2 aromatic carbocycles. The van der Waals surface area contributed by atoms with E-state index in [1.54, 1.807) is 36.7 Å². The number of rotatable bonds is 4. The molecule has 0 radical (unpaired) electrons. The molecule has 0 aliphatic carbocycles. The number of nitrogens with one attached hydrogen (secondary N) is 1. The summed E-state index contributed by atoms with van der Waals surface area (Å²) in [5.74, 6) is -0.345. The number of benzene rings is 2. The van der Waals surface area contributed by atoms with E-state index in [4.69, 9.17) is 0 Å². The van der Waals surface area contributed by atoms with E-state index in [-0.39, 0.29) is 5.82 Å². The molecule has 0 fully saturated rings. The van der Waals surface area contributed by atoms with Crippen LogP contribution >= 0.6 is 0 Å². The second-order valence-electron chi connectivity index (χ2n) is 6.09. The van der Waals surface area contributed by atoms with Gasteiger partial charge in [0.05, 0.1) is 0 Å². The largest absolute Gasteiger partial charge is 0.344 e. The number of carbonyl (C=O) groups excluding carboxylic acids is 1. The van der Waals surface area contributed by atoms with Gasteiger partial charge in [-0.15, -0.1) is 5.10 Å². The highest BCUT2D eigenvalue weighted by Gasteiger charge is 2.21. The van der Waals surface area contributed by atoms with Crippen molar-refractivity contribution in [3.8, 4) is 22.5 Å². The minimum absolute atomic E-state index is 0.345. The molecule has 138 valence electrons. The number of halogens is 1. The monoisotopic (exact) mass is 373 g/mol. The highest BCUT2D eigenvalue weighted by molar-refractivity contribution is 5.87. The van der Waals surface area contributed by atoms with Crippen molar-refractivity contribution in [1.82, 2.24) is 25.3 Å². The van der Waals surface area contributed by atoms with Gasteiger partial charge in [-0.2, -0.15) is 4.68 Å². The fourth-order valence-electron chi connectivity index (χ4n) is 2.84. The molecule has 7 heteroatoms. The molecule has 4 rings (SSSR count). The van der Waals surface area contributed by atoms with Gasteiger partial charge >= 0.3 is 6.03 Å². The zero-order valence-electron chi connectivity index (χ0n) is 14.8. The molecule has 1 N–H and O–H groups in total. The minimum atomic E-state index is -0.406. The molecule has 0 saturated heterocycles. The minimum Gasteiger partial charge on any atom is -0.332 e. The van der Waals surface area contributed by atoms with Crippen LogP contribution in [0.15, 0.2) is 79.1 Å². The molecule has 2 aromatic heterocycles. The van der Waals surface area contributed by atoms with E-state index in [0.717, 1.165) is 11.1 Å². The zero-order chi connectivity index (χ0) is 19.3. The van der Waals surface area contributed by atoms with Crippen LogP contribution in [0.3, 0.4) is 0 Å². The van der Waals surface area contributed by atoms with Crippen LogP contribution in [0.4, 0.5) is 9.18 Å². The first kappa shape index (κ1) is 17.5. The molecule has 0 aliphatic heterocycles. The van der Waals surface area contributed by atoms with Gasteiger partial charge in [0, 0.05) is 30.1 Å². The molecule has 0 aliphatic rings. The summed E-state index contributed by atoms with van der Waals surface area (Å²) in [5, 5.41) is 11.1. The van der Waals surface area contributed by atoms with E-state index in [1.165, 1.54) is 16.8 Å². The van der Waals surface area contributed by atoms with Crippen LogP contribution < -0.4 is 5.32 Å². The van der Waals surface area contributed by atoms with Gasteiger partial charge in [-0.1, -0.05) is 35.5 Å². The lowest BCUT2D eigenvalue weighted by atomic mass is 10.1. The average Bonchev–Trinajstić information content (AvgIpc) is 3.19. The van der Waals surface area contributed by atoms with Crippen molar-refractivity contribution in [2.24, 2.45) is 0 Å². The second-order valence-corrected chi connectivity index (χ2v) is 6.09. The Morgan fingerprint density at radius 2 is 1.64 bits per heavy atom. The Labute approximate surface area is 160 Å². The molecule has 0 unspecified atom stereocenters. The number of carbonyl (C=O) groups is 1. The van der Waals surface area contributed by atoms with Gasteiger partial charge in [0.2, 0.25) is 0 Å². The summed E-state index contributed by atoms with van der Waals surface area (Å²) >= 11 is 0. The second kappa shape index (κ2) is 7.79. The summed E-state index contributed by atoms with van der Waals surface area (Å²) in [6.07, 6.45) is 3.26. The summed E-state index contributed by atoms with van der Waals surface area (Å²) < 4.78 is 14.5. The Morgan fingerprint density at radius 1 is 0.929 bits per heavy atom. The van der Waals surface area contributed by atoms with Crippen LogP contribution in [-0.4, -0.2) is 26.0 Å². The Hall–Kier alpha value is -3.87. The predicted molar refractivity (Wildman–Crippen MR) is 103 cm³/mol. The van der Waals surface area contributed by atoms with E-state index in [2.05, 4.69) is 20.6 Å². The van der Waals surface area contributed by atoms with Gasteiger partial charge < -0.3 is 5.32 Å². The van der Waals surface area contributed by atoms with E-state index in [9.17, 15) is 9.18 Å². The molecular weight excluding hydrogens is 357 g/mol. The lowest BCUT2D eigenvalue weighted by molar-refractivity contribution is 0.239. The molecule has 0 atom stereocenters. The maximum atomic E-state index is 13.3. The molecular formula is C21H16FN5O. The molecule has 0 bridgehead atoms. The summed E-state index contributed by atoms with van der Waals surface area (Å²) in [6.45, 7) is 0.362. The van der Waals surface area contributed by atoms with E-state index in [0.29, 0.717) is 23.5 Å². The fraction of sp³-hybridized carbons (Fsp3) is 0.0476. The Kier molecular flexibility index (Phi) is 4.88. The maximum Gasteiger partial charge on any atom is 0.344 e. The highest BCUT2D eigenvalue weighted by Crippen LogP contribution is 2.29. The van der Waals surface area contributed by atoms with Crippen LogP contribution in [0, 0.1) is 5.82 Å². The number of pyridine rings is 1. The molecule has 0 saturated carbocycles. The molecule has 2 heterocycles. The Bertz CT molecular complexity index is 1080. The van der Waals surface area contributed by atoms with E-state index >= 15 is 0 Å². The fourth-order valence-corrected chi connectivity index (χ4v) is 2.84.